The van der Waals surface area contributed by atoms with Crippen molar-refractivity contribution in [3.8, 4) is 5.75 Å². The number of rotatable bonds is 4. The number of carbonyl (C=O) groups is 3. The van der Waals surface area contributed by atoms with Gasteiger partial charge in [0.15, 0.2) is 11.4 Å². The Kier molecular flexibility index (Phi) is 5.11. The minimum Gasteiger partial charge on any atom is -0.510 e. The molecule has 3 aliphatic rings. The number of ketones is 2. The lowest BCUT2D eigenvalue weighted by Gasteiger charge is -2.48. The summed E-state index contributed by atoms with van der Waals surface area (Å²) < 4.78 is 0. The Hall–Kier alpha value is -3.61. The first kappa shape index (κ1) is 22.6. The molecule has 0 bridgehead atoms. The summed E-state index contributed by atoms with van der Waals surface area (Å²) in [5.74, 6) is -7.75. The molecule has 1 aromatic rings. The number of fused-ring (bicyclic) bond motifs is 3. The fraction of sp³-hybridized carbons (Fsp3) is 0.381. The van der Waals surface area contributed by atoms with Gasteiger partial charge in [0.2, 0.25) is 5.78 Å². The number of nitrogen functional groups attached to an aromatic ring is 1. The summed E-state index contributed by atoms with van der Waals surface area (Å²) in [6.45, 7) is -0.692. The van der Waals surface area contributed by atoms with E-state index in [1.807, 2.05) is 0 Å². The number of aromatic hydroxyl groups is 1. The number of phenolic OH excluding ortho intramolecular Hbond substituents is 1. The number of benzene rings is 1. The van der Waals surface area contributed by atoms with Crippen LogP contribution in [0, 0.1) is 11.8 Å². The Labute approximate surface area is 187 Å². The first-order chi connectivity index (χ1) is 15.5. The lowest BCUT2D eigenvalue weighted by Crippen LogP contribution is -2.64. The molecule has 4 atom stereocenters. The number of phenols is 1. The van der Waals surface area contributed by atoms with E-state index in [0.29, 0.717) is 11.3 Å². The van der Waals surface area contributed by atoms with E-state index in [1.165, 1.54) is 6.07 Å². The van der Waals surface area contributed by atoms with Gasteiger partial charge in [-0.05, 0) is 30.4 Å². The van der Waals surface area contributed by atoms with Crippen LogP contribution in [0.1, 0.15) is 22.3 Å². The lowest BCUT2D eigenvalue weighted by molar-refractivity contribution is -0.146. The highest BCUT2D eigenvalue weighted by Crippen LogP contribution is 2.52. The summed E-state index contributed by atoms with van der Waals surface area (Å²) in [6.07, 6.45) is 0.0408. The van der Waals surface area contributed by atoms with Crippen LogP contribution in [0.5, 0.6) is 5.75 Å². The van der Waals surface area contributed by atoms with Crippen molar-refractivity contribution in [1.82, 2.24) is 5.32 Å². The molecular formula is C21H24N4O8. The molecule has 33 heavy (non-hydrogen) atoms. The molecule has 0 aromatic heterocycles. The van der Waals surface area contributed by atoms with E-state index in [4.69, 9.17) is 11.5 Å². The second kappa shape index (κ2) is 7.47. The monoisotopic (exact) mass is 460 g/mol. The van der Waals surface area contributed by atoms with Crippen LogP contribution in [-0.4, -0.2) is 68.4 Å². The molecule has 0 fully saturated rings. The first-order valence-corrected chi connectivity index (χ1v) is 10.1. The standard InChI is InChI=1S/C21H24N4O8/c1-24-10-4-9(22)15(27)12-7(10)2-6-3-8-14(25-5-26)17(29)13(20(23)32)19(31)21(8,33)18(30)11(6)16(12)28/h4,6,8,14,24-27,29-30,33H,2-3,5,22H2,1H3,(H2,23,32)/t6-,8-,14+,21-/m0/s1. The minimum atomic E-state index is -2.77. The van der Waals surface area contributed by atoms with Gasteiger partial charge in [-0.3, -0.25) is 19.7 Å². The van der Waals surface area contributed by atoms with Gasteiger partial charge >= 0.3 is 0 Å². The maximum Gasteiger partial charge on any atom is 0.255 e. The first-order valence-electron chi connectivity index (χ1n) is 10.1. The number of amides is 1. The zero-order chi connectivity index (χ0) is 24.4. The topological polar surface area (TPSA) is 228 Å². The molecule has 12 nitrogen and oxygen atoms in total. The van der Waals surface area contributed by atoms with Crippen LogP contribution in [0.25, 0.3) is 0 Å². The third-order valence-electron chi connectivity index (χ3n) is 6.81. The second-order valence-electron chi connectivity index (χ2n) is 8.36. The Morgan fingerprint density at radius 1 is 1.27 bits per heavy atom. The van der Waals surface area contributed by atoms with Crippen LogP contribution >= 0.6 is 0 Å². The fourth-order valence-electron chi connectivity index (χ4n) is 5.32. The van der Waals surface area contributed by atoms with Gasteiger partial charge in [0.05, 0.1) is 24.0 Å². The van der Waals surface area contributed by atoms with Crippen molar-refractivity contribution in [3.05, 3.63) is 39.9 Å². The zero-order valence-electron chi connectivity index (χ0n) is 17.5. The smallest absolute Gasteiger partial charge is 0.255 e. The summed E-state index contributed by atoms with van der Waals surface area (Å²) in [5.41, 5.74) is 7.70. The summed E-state index contributed by atoms with van der Waals surface area (Å²) >= 11 is 0. The Morgan fingerprint density at radius 2 is 1.94 bits per heavy atom. The highest BCUT2D eigenvalue weighted by atomic mass is 16.3. The van der Waals surface area contributed by atoms with E-state index in [9.17, 15) is 39.9 Å². The summed E-state index contributed by atoms with van der Waals surface area (Å²) in [5, 5.41) is 58.3. The number of primary amides is 1. The number of anilines is 2. The number of nitrogens with one attached hydrogen (secondary N) is 2. The minimum absolute atomic E-state index is 0.0813. The molecule has 0 spiro atoms. The second-order valence-corrected chi connectivity index (χ2v) is 8.36. The molecule has 0 radical (unpaired) electrons. The van der Waals surface area contributed by atoms with Gasteiger partial charge in [-0.2, -0.15) is 0 Å². The van der Waals surface area contributed by atoms with Crippen molar-refractivity contribution in [2.24, 2.45) is 17.6 Å². The van der Waals surface area contributed by atoms with Gasteiger partial charge in [-0.25, -0.2) is 0 Å². The van der Waals surface area contributed by atoms with Crippen molar-refractivity contribution in [2.45, 2.75) is 24.5 Å². The Bertz CT molecular complexity index is 1170. The Balaban J connectivity index is 1.97. The van der Waals surface area contributed by atoms with E-state index >= 15 is 0 Å². The molecule has 0 saturated heterocycles. The van der Waals surface area contributed by atoms with Crippen LogP contribution in [-0.2, 0) is 16.0 Å². The molecule has 12 heteroatoms. The van der Waals surface area contributed by atoms with Crippen molar-refractivity contribution < 1.29 is 39.9 Å². The predicted octanol–water partition coefficient (Wildman–Crippen LogP) is -1.28. The summed E-state index contributed by atoms with van der Waals surface area (Å²) in [7, 11) is 1.61. The number of nitrogens with two attached hydrogens (primary N) is 2. The molecule has 11 N–H and O–H groups in total. The van der Waals surface area contributed by atoms with Crippen LogP contribution in [0.2, 0.25) is 0 Å². The highest BCUT2D eigenvalue weighted by molar-refractivity contribution is 6.25. The number of aliphatic hydroxyl groups is 4. The number of allylic oxidation sites excluding steroid dienone is 1. The zero-order valence-corrected chi connectivity index (χ0v) is 17.5. The maximum absolute atomic E-state index is 13.4. The molecule has 0 unspecified atom stereocenters. The highest BCUT2D eigenvalue weighted by Gasteiger charge is 2.62. The summed E-state index contributed by atoms with van der Waals surface area (Å²) in [6, 6.07) is 0.146. The van der Waals surface area contributed by atoms with E-state index in [-0.39, 0.29) is 29.7 Å². The van der Waals surface area contributed by atoms with Crippen molar-refractivity contribution in [3.63, 3.8) is 0 Å². The number of hydrogen-bond acceptors (Lipinski definition) is 11. The van der Waals surface area contributed by atoms with Gasteiger partial charge in [-0.15, -0.1) is 0 Å². The molecule has 0 heterocycles. The van der Waals surface area contributed by atoms with Crippen LogP contribution < -0.4 is 22.1 Å². The quantitative estimate of drug-likeness (QED) is 0.0845. The van der Waals surface area contributed by atoms with Gasteiger partial charge in [0, 0.05) is 24.2 Å². The van der Waals surface area contributed by atoms with Gasteiger partial charge in [0.25, 0.3) is 5.91 Å². The van der Waals surface area contributed by atoms with E-state index in [1.54, 1.807) is 7.05 Å². The molecule has 0 aliphatic heterocycles. The van der Waals surface area contributed by atoms with Crippen molar-refractivity contribution in [1.29, 1.82) is 0 Å². The van der Waals surface area contributed by atoms with Crippen LogP contribution in [0.15, 0.2) is 28.7 Å². The van der Waals surface area contributed by atoms with Gasteiger partial charge in [-0.1, -0.05) is 0 Å². The van der Waals surface area contributed by atoms with Crippen LogP contribution in [0.3, 0.4) is 0 Å². The van der Waals surface area contributed by atoms with E-state index in [0.717, 1.165) is 0 Å². The van der Waals surface area contributed by atoms with E-state index in [2.05, 4.69) is 10.6 Å². The number of hydrogen-bond donors (Lipinski definition) is 9. The predicted molar refractivity (Wildman–Crippen MR) is 114 cm³/mol. The van der Waals surface area contributed by atoms with Gasteiger partial charge in [0.1, 0.15) is 22.8 Å². The van der Waals surface area contributed by atoms with E-state index < -0.39 is 70.5 Å². The van der Waals surface area contributed by atoms with Crippen LogP contribution in [0.4, 0.5) is 11.4 Å². The number of Topliss-reactive ketones (excluding diaryl/α,β-unsaturated/α-hetero) is 2. The third kappa shape index (κ3) is 2.84. The molecule has 1 amide bonds. The van der Waals surface area contributed by atoms with Crippen molar-refractivity contribution in [2.75, 3.05) is 24.8 Å². The Morgan fingerprint density at radius 3 is 2.52 bits per heavy atom. The lowest BCUT2D eigenvalue weighted by atomic mass is 9.58. The average molecular weight is 460 g/mol. The molecule has 1 aromatic carbocycles. The maximum atomic E-state index is 13.4. The molecule has 3 aliphatic carbocycles. The number of carbonyl (C=O) groups excluding carboxylic acids is 3. The SMILES string of the molecule is CNc1cc(N)c(O)c2c1C[C@H]1C[C@H]3[C@@H](NCO)C(O)=C(C(N)=O)C(=O)[C@@]3(O)C(O)=C1C2=O. The molecule has 176 valence electrons. The molecule has 4 rings (SSSR count). The fourth-order valence-corrected chi connectivity index (χ4v) is 5.32. The largest absolute Gasteiger partial charge is 0.510 e. The third-order valence-corrected chi connectivity index (χ3v) is 6.81. The normalized spacial score (nSPS) is 28.9. The average Bonchev–Trinajstić information content (AvgIpc) is 2.75. The number of aliphatic hydroxyl groups excluding tert-OH is 3. The van der Waals surface area contributed by atoms with Gasteiger partial charge < -0.3 is 42.3 Å². The molecular weight excluding hydrogens is 436 g/mol. The van der Waals surface area contributed by atoms with Crippen molar-refractivity contribution >= 4 is 28.8 Å². The molecule has 0 saturated carbocycles. The summed E-state index contributed by atoms with van der Waals surface area (Å²) in [4.78, 5) is 38.4.